The van der Waals surface area contributed by atoms with Gasteiger partial charge in [-0.1, -0.05) is 18.2 Å². The Balaban J connectivity index is 2.22. The second kappa shape index (κ2) is 3.88. The number of hydrogen-bond donors (Lipinski definition) is 0. The van der Waals surface area contributed by atoms with Gasteiger partial charge in [-0.3, -0.25) is 9.05 Å². The fourth-order valence-electron chi connectivity index (χ4n) is 1.39. The molecule has 0 amide bonds. The van der Waals surface area contributed by atoms with Crippen molar-refractivity contribution >= 4 is 7.82 Å². The first-order valence-corrected chi connectivity index (χ1v) is 6.57. The third-order valence-corrected chi connectivity index (χ3v) is 3.58. The molecule has 88 valence electrons. The number of rotatable bonds is 1. The van der Waals surface area contributed by atoms with Gasteiger partial charge in [-0.25, -0.2) is 4.57 Å². The summed E-state index contributed by atoms with van der Waals surface area (Å²) in [6.07, 6.45) is 0. The molecule has 0 saturated heterocycles. The summed E-state index contributed by atoms with van der Waals surface area (Å²) in [6.45, 7) is 5.67. The van der Waals surface area contributed by atoms with Crippen LogP contribution in [0.2, 0.25) is 0 Å². The minimum absolute atomic E-state index is 0.254. The van der Waals surface area contributed by atoms with Gasteiger partial charge in [0.2, 0.25) is 0 Å². The topological polar surface area (TPSA) is 44.8 Å². The molecule has 1 aromatic carbocycles. The van der Waals surface area contributed by atoms with E-state index in [0.717, 1.165) is 5.56 Å². The van der Waals surface area contributed by atoms with Crippen LogP contribution in [0.5, 0.6) is 5.75 Å². The Hall–Kier alpha value is -0.830. The molecule has 4 nitrogen and oxygen atoms in total. The number of phosphoric ester groups is 1. The van der Waals surface area contributed by atoms with E-state index in [1.807, 2.05) is 18.2 Å². The first kappa shape index (κ1) is 11.6. The Morgan fingerprint density at radius 3 is 2.69 bits per heavy atom. The highest BCUT2D eigenvalue weighted by atomic mass is 31.2. The van der Waals surface area contributed by atoms with Gasteiger partial charge in [0.05, 0.1) is 12.2 Å². The quantitative estimate of drug-likeness (QED) is 0.707. The lowest BCUT2D eigenvalue weighted by Gasteiger charge is -2.29. The van der Waals surface area contributed by atoms with Crippen molar-refractivity contribution in [2.45, 2.75) is 33.0 Å². The van der Waals surface area contributed by atoms with Gasteiger partial charge in [0, 0.05) is 5.56 Å². The molecule has 1 atom stereocenters. The van der Waals surface area contributed by atoms with Crippen LogP contribution in [0.25, 0.3) is 0 Å². The smallest absolute Gasteiger partial charge is 0.404 e. The van der Waals surface area contributed by atoms with E-state index in [2.05, 4.69) is 0 Å². The molecule has 0 aliphatic carbocycles. The monoisotopic (exact) mass is 242 g/mol. The van der Waals surface area contributed by atoms with Gasteiger partial charge in [0.15, 0.2) is 0 Å². The summed E-state index contributed by atoms with van der Waals surface area (Å²) in [4.78, 5) is 0. The van der Waals surface area contributed by atoms with Gasteiger partial charge in [0.1, 0.15) is 5.75 Å². The predicted octanol–water partition coefficient (Wildman–Crippen LogP) is 3.52. The normalized spacial score (nSPS) is 24.7. The molecule has 2 rings (SSSR count). The lowest BCUT2D eigenvalue weighted by Crippen LogP contribution is -2.21. The average Bonchev–Trinajstić information content (AvgIpc) is 2.14. The standard InChI is InChI=1S/C11H15O4P/c1-11(2,3)15-16(12)13-8-9-6-4-5-7-10(9)14-16/h4-7H,8H2,1-3H3. The number of phosphoric acid groups is 1. The van der Waals surface area contributed by atoms with Crippen molar-refractivity contribution in [3.63, 3.8) is 0 Å². The van der Waals surface area contributed by atoms with Crippen LogP contribution in [0.15, 0.2) is 24.3 Å². The van der Waals surface area contributed by atoms with Gasteiger partial charge in [0.25, 0.3) is 0 Å². The summed E-state index contributed by atoms with van der Waals surface area (Å²) in [6, 6.07) is 7.34. The molecular formula is C11H15O4P. The van der Waals surface area contributed by atoms with Crippen molar-refractivity contribution in [3.05, 3.63) is 29.8 Å². The molecule has 0 bridgehead atoms. The summed E-state index contributed by atoms with van der Waals surface area (Å²) < 4.78 is 28.0. The van der Waals surface area contributed by atoms with E-state index in [9.17, 15) is 4.57 Å². The van der Waals surface area contributed by atoms with Crippen molar-refractivity contribution in [1.82, 2.24) is 0 Å². The highest BCUT2D eigenvalue weighted by Gasteiger charge is 2.37. The summed E-state index contributed by atoms with van der Waals surface area (Å²) >= 11 is 0. The van der Waals surface area contributed by atoms with E-state index < -0.39 is 13.4 Å². The van der Waals surface area contributed by atoms with Crippen LogP contribution in [0.1, 0.15) is 26.3 Å². The maximum atomic E-state index is 12.1. The van der Waals surface area contributed by atoms with Gasteiger partial charge in [-0.2, -0.15) is 0 Å². The predicted molar refractivity (Wildman–Crippen MR) is 60.3 cm³/mol. The first-order chi connectivity index (χ1) is 7.38. The Kier molecular flexibility index (Phi) is 2.82. The number of benzene rings is 1. The zero-order chi connectivity index (χ0) is 11.8. The van der Waals surface area contributed by atoms with Crippen LogP contribution in [0.4, 0.5) is 0 Å². The molecule has 0 aromatic heterocycles. The highest BCUT2D eigenvalue weighted by molar-refractivity contribution is 7.49. The van der Waals surface area contributed by atoms with E-state index in [0.29, 0.717) is 5.75 Å². The van der Waals surface area contributed by atoms with Gasteiger partial charge < -0.3 is 4.52 Å². The molecule has 0 saturated carbocycles. The molecule has 16 heavy (non-hydrogen) atoms. The molecule has 0 N–H and O–H groups in total. The largest absolute Gasteiger partial charge is 0.530 e. The van der Waals surface area contributed by atoms with Crippen LogP contribution in [-0.2, 0) is 20.2 Å². The Bertz CT molecular complexity index is 436. The summed E-state index contributed by atoms with van der Waals surface area (Å²) in [7, 11) is -3.47. The van der Waals surface area contributed by atoms with Crippen molar-refractivity contribution in [1.29, 1.82) is 0 Å². The molecule has 1 aliphatic rings. The fourth-order valence-corrected chi connectivity index (χ4v) is 2.92. The van der Waals surface area contributed by atoms with Crippen LogP contribution >= 0.6 is 7.82 Å². The van der Waals surface area contributed by atoms with E-state index in [-0.39, 0.29) is 6.61 Å². The highest BCUT2D eigenvalue weighted by Crippen LogP contribution is 2.56. The van der Waals surface area contributed by atoms with E-state index in [1.165, 1.54) is 0 Å². The van der Waals surface area contributed by atoms with Gasteiger partial charge >= 0.3 is 7.82 Å². The van der Waals surface area contributed by atoms with Gasteiger partial charge in [-0.05, 0) is 26.8 Å². The number of para-hydroxylation sites is 1. The van der Waals surface area contributed by atoms with Crippen LogP contribution in [0, 0.1) is 0 Å². The summed E-state index contributed by atoms with van der Waals surface area (Å²) in [5.41, 5.74) is 0.313. The lowest BCUT2D eigenvalue weighted by atomic mass is 10.2. The maximum absolute atomic E-state index is 12.1. The molecular weight excluding hydrogens is 227 g/mol. The molecule has 0 fully saturated rings. The molecule has 1 unspecified atom stereocenters. The third-order valence-electron chi connectivity index (χ3n) is 1.95. The van der Waals surface area contributed by atoms with Gasteiger partial charge in [-0.15, -0.1) is 0 Å². The van der Waals surface area contributed by atoms with Crippen molar-refractivity contribution in [3.8, 4) is 5.75 Å². The molecule has 1 heterocycles. The van der Waals surface area contributed by atoms with Crippen molar-refractivity contribution in [2.24, 2.45) is 0 Å². The molecule has 0 radical (unpaired) electrons. The van der Waals surface area contributed by atoms with E-state index in [4.69, 9.17) is 13.6 Å². The van der Waals surface area contributed by atoms with E-state index >= 15 is 0 Å². The number of fused-ring (bicyclic) bond motifs is 1. The fraction of sp³-hybridized carbons (Fsp3) is 0.455. The second-order valence-electron chi connectivity index (χ2n) is 4.62. The Morgan fingerprint density at radius 2 is 2.00 bits per heavy atom. The van der Waals surface area contributed by atoms with Crippen molar-refractivity contribution < 1.29 is 18.1 Å². The average molecular weight is 242 g/mol. The SMILES string of the molecule is CC(C)(C)OP1(=O)OCc2ccccc2O1. The van der Waals surface area contributed by atoms with Crippen molar-refractivity contribution in [2.75, 3.05) is 0 Å². The minimum atomic E-state index is -3.47. The maximum Gasteiger partial charge on any atom is 0.530 e. The first-order valence-electron chi connectivity index (χ1n) is 5.11. The summed E-state index contributed by atoms with van der Waals surface area (Å²) in [5, 5.41) is 0. The third kappa shape index (κ3) is 2.64. The number of hydrogen-bond acceptors (Lipinski definition) is 4. The lowest BCUT2D eigenvalue weighted by molar-refractivity contribution is 0.0556. The zero-order valence-electron chi connectivity index (χ0n) is 9.60. The molecule has 5 heteroatoms. The summed E-state index contributed by atoms with van der Waals surface area (Å²) in [5.74, 6) is 0.571. The van der Waals surface area contributed by atoms with Crippen LogP contribution < -0.4 is 4.52 Å². The van der Waals surface area contributed by atoms with Crippen LogP contribution in [0.3, 0.4) is 0 Å². The van der Waals surface area contributed by atoms with Crippen LogP contribution in [-0.4, -0.2) is 5.60 Å². The second-order valence-corrected chi connectivity index (χ2v) is 6.14. The van der Waals surface area contributed by atoms with E-state index in [1.54, 1.807) is 26.8 Å². The minimum Gasteiger partial charge on any atom is -0.404 e. The zero-order valence-corrected chi connectivity index (χ0v) is 10.5. The Labute approximate surface area is 95.1 Å². The molecule has 1 aromatic rings. The molecule has 1 aliphatic heterocycles. The Morgan fingerprint density at radius 1 is 1.31 bits per heavy atom. The molecule has 0 spiro atoms.